The molecular weight excluding hydrogens is 252 g/mol. The molecule has 0 radical (unpaired) electrons. The molecule has 3 rings (SSSR count). The Hall–Kier alpha value is -0.610. The van der Waals surface area contributed by atoms with Gasteiger partial charge in [-0.2, -0.15) is 0 Å². The van der Waals surface area contributed by atoms with E-state index in [1.165, 1.54) is 12.8 Å². The summed E-state index contributed by atoms with van der Waals surface area (Å²) in [4.78, 5) is 14.4. The molecule has 0 spiro atoms. The minimum Gasteiger partial charge on any atom is -0.480 e. The molecule has 3 atom stereocenters. The van der Waals surface area contributed by atoms with Crippen LogP contribution < -0.4 is 5.32 Å². The van der Waals surface area contributed by atoms with Crippen molar-refractivity contribution in [2.45, 2.75) is 82.5 Å². The second-order valence-corrected chi connectivity index (χ2v) is 7.39. The molecule has 1 heterocycles. The summed E-state index contributed by atoms with van der Waals surface area (Å²) in [7, 11) is 0. The van der Waals surface area contributed by atoms with E-state index in [4.69, 9.17) is 0 Å². The van der Waals surface area contributed by atoms with Crippen LogP contribution in [0.1, 0.15) is 58.8 Å². The topological polar surface area (TPSA) is 52.6 Å². The van der Waals surface area contributed by atoms with Crippen LogP contribution in [0.5, 0.6) is 0 Å². The molecular formula is C16H28N2O2. The van der Waals surface area contributed by atoms with Gasteiger partial charge in [0.15, 0.2) is 0 Å². The monoisotopic (exact) mass is 280 g/mol. The first-order valence-corrected chi connectivity index (χ1v) is 8.29. The summed E-state index contributed by atoms with van der Waals surface area (Å²) < 4.78 is 0. The van der Waals surface area contributed by atoms with E-state index in [9.17, 15) is 9.90 Å². The van der Waals surface area contributed by atoms with Gasteiger partial charge in [0.25, 0.3) is 0 Å². The van der Waals surface area contributed by atoms with Crippen molar-refractivity contribution in [2.75, 3.05) is 6.54 Å². The van der Waals surface area contributed by atoms with Crippen molar-refractivity contribution >= 4 is 5.97 Å². The highest BCUT2D eigenvalue weighted by atomic mass is 16.4. The molecule has 0 aromatic carbocycles. The van der Waals surface area contributed by atoms with Gasteiger partial charge in [-0.1, -0.05) is 13.8 Å². The number of nitrogens with zero attached hydrogens (tertiary/aromatic N) is 1. The number of carboxylic acids is 1. The number of hydrogen-bond donors (Lipinski definition) is 2. The van der Waals surface area contributed by atoms with E-state index in [1.54, 1.807) is 0 Å². The first-order valence-electron chi connectivity index (χ1n) is 8.29. The van der Waals surface area contributed by atoms with Crippen LogP contribution in [0, 0.1) is 5.92 Å². The van der Waals surface area contributed by atoms with Gasteiger partial charge in [0.05, 0.1) is 0 Å². The minimum absolute atomic E-state index is 0.462. The van der Waals surface area contributed by atoms with E-state index in [0.29, 0.717) is 24.0 Å². The molecule has 4 nitrogen and oxygen atoms in total. The Labute approximate surface area is 121 Å². The summed E-state index contributed by atoms with van der Waals surface area (Å²) in [6.07, 6.45) is 7.48. The molecule has 1 saturated heterocycles. The fraction of sp³-hybridized carbons (Fsp3) is 0.938. The Kier molecular flexibility index (Phi) is 3.80. The van der Waals surface area contributed by atoms with E-state index in [2.05, 4.69) is 24.1 Å². The van der Waals surface area contributed by atoms with E-state index in [-0.39, 0.29) is 0 Å². The lowest BCUT2D eigenvalue weighted by atomic mass is 9.96. The highest BCUT2D eigenvalue weighted by Gasteiger charge is 2.50. The van der Waals surface area contributed by atoms with E-state index >= 15 is 0 Å². The molecule has 3 aliphatic rings. The summed E-state index contributed by atoms with van der Waals surface area (Å²) in [6.45, 7) is 5.75. The predicted octanol–water partition coefficient (Wildman–Crippen LogP) is 2.23. The first-order chi connectivity index (χ1) is 9.52. The Morgan fingerprint density at radius 2 is 2.05 bits per heavy atom. The van der Waals surface area contributed by atoms with Crippen LogP contribution in [-0.2, 0) is 4.79 Å². The van der Waals surface area contributed by atoms with E-state index in [1.807, 2.05) is 0 Å². The molecule has 3 fully saturated rings. The van der Waals surface area contributed by atoms with Crippen molar-refractivity contribution in [1.29, 1.82) is 0 Å². The average Bonchev–Trinajstić information content (AvgIpc) is 2.92. The average molecular weight is 280 g/mol. The first kappa shape index (κ1) is 14.3. The molecule has 4 heteroatoms. The molecule has 3 unspecified atom stereocenters. The lowest BCUT2D eigenvalue weighted by molar-refractivity contribution is -0.145. The van der Waals surface area contributed by atoms with Gasteiger partial charge < -0.3 is 5.11 Å². The second-order valence-electron chi connectivity index (χ2n) is 7.39. The number of likely N-dealkylation sites (tertiary alicyclic amines) is 1. The lowest BCUT2D eigenvalue weighted by Gasteiger charge is -2.34. The Morgan fingerprint density at radius 3 is 2.65 bits per heavy atom. The van der Waals surface area contributed by atoms with Crippen molar-refractivity contribution < 1.29 is 9.90 Å². The molecule has 0 amide bonds. The zero-order valence-corrected chi connectivity index (χ0v) is 12.8. The second kappa shape index (κ2) is 5.30. The summed E-state index contributed by atoms with van der Waals surface area (Å²) in [5, 5.41) is 13.1. The number of hydrogen-bond acceptors (Lipinski definition) is 3. The van der Waals surface area contributed by atoms with Gasteiger partial charge in [0.2, 0.25) is 0 Å². The van der Waals surface area contributed by atoms with Crippen LogP contribution in [0.2, 0.25) is 0 Å². The third-order valence-electron chi connectivity index (χ3n) is 5.54. The minimum atomic E-state index is -0.643. The maximum Gasteiger partial charge on any atom is 0.323 e. The van der Waals surface area contributed by atoms with Crippen LogP contribution in [-0.4, -0.2) is 46.2 Å². The normalized spacial score (nSPS) is 38.8. The largest absolute Gasteiger partial charge is 0.480 e. The Bertz CT molecular complexity index is 381. The SMILES string of the molecule is CC(C)C1CCCN1C1CCC(NC2CC2)(C(=O)O)C1. The zero-order valence-electron chi connectivity index (χ0n) is 12.8. The Morgan fingerprint density at radius 1 is 1.30 bits per heavy atom. The van der Waals surface area contributed by atoms with Gasteiger partial charge in [-0.25, -0.2) is 0 Å². The number of aliphatic carboxylic acids is 1. The number of carbonyl (C=O) groups is 1. The quantitative estimate of drug-likeness (QED) is 0.811. The summed E-state index contributed by atoms with van der Waals surface area (Å²) in [5.74, 6) is 0.0425. The van der Waals surface area contributed by atoms with Crippen molar-refractivity contribution in [3.8, 4) is 0 Å². The van der Waals surface area contributed by atoms with Crippen LogP contribution >= 0.6 is 0 Å². The molecule has 20 heavy (non-hydrogen) atoms. The molecule has 2 aliphatic carbocycles. The predicted molar refractivity (Wildman–Crippen MR) is 78.7 cm³/mol. The van der Waals surface area contributed by atoms with Crippen molar-refractivity contribution in [3.05, 3.63) is 0 Å². The van der Waals surface area contributed by atoms with Crippen LogP contribution in [0.3, 0.4) is 0 Å². The molecule has 114 valence electrons. The molecule has 2 N–H and O–H groups in total. The molecule has 0 bridgehead atoms. The fourth-order valence-electron chi connectivity index (χ4n) is 4.29. The third kappa shape index (κ3) is 2.60. The maximum absolute atomic E-state index is 11.8. The standard InChI is InChI=1S/C16H28N2O2/c1-11(2)14-4-3-9-18(14)13-7-8-16(10-13,15(19)20)17-12-5-6-12/h11-14,17H,3-10H2,1-2H3,(H,19,20). The summed E-state index contributed by atoms with van der Waals surface area (Å²) >= 11 is 0. The Balaban J connectivity index is 1.69. The van der Waals surface area contributed by atoms with Crippen molar-refractivity contribution in [1.82, 2.24) is 10.2 Å². The maximum atomic E-state index is 11.8. The highest BCUT2D eigenvalue weighted by molar-refractivity contribution is 5.79. The van der Waals surface area contributed by atoms with Crippen LogP contribution in [0.15, 0.2) is 0 Å². The van der Waals surface area contributed by atoms with Gasteiger partial charge in [-0.05, 0) is 57.4 Å². The van der Waals surface area contributed by atoms with Crippen LogP contribution in [0.25, 0.3) is 0 Å². The van der Waals surface area contributed by atoms with Crippen LogP contribution in [0.4, 0.5) is 0 Å². The van der Waals surface area contributed by atoms with Gasteiger partial charge in [0, 0.05) is 18.1 Å². The van der Waals surface area contributed by atoms with E-state index < -0.39 is 11.5 Å². The molecule has 2 saturated carbocycles. The lowest BCUT2D eigenvalue weighted by Crippen LogP contribution is -2.52. The van der Waals surface area contributed by atoms with Crippen molar-refractivity contribution in [3.63, 3.8) is 0 Å². The van der Waals surface area contributed by atoms with Gasteiger partial charge in [0.1, 0.15) is 5.54 Å². The number of carboxylic acid groups (broad SMARTS) is 1. The van der Waals surface area contributed by atoms with Crippen molar-refractivity contribution in [2.24, 2.45) is 5.92 Å². The number of rotatable bonds is 5. The highest BCUT2D eigenvalue weighted by Crippen LogP contribution is 2.39. The number of nitrogens with one attached hydrogen (secondary N) is 1. The third-order valence-corrected chi connectivity index (χ3v) is 5.54. The smallest absolute Gasteiger partial charge is 0.323 e. The van der Waals surface area contributed by atoms with E-state index in [0.717, 1.165) is 38.6 Å². The zero-order chi connectivity index (χ0) is 14.3. The summed E-state index contributed by atoms with van der Waals surface area (Å²) in [5.41, 5.74) is -0.643. The molecule has 1 aliphatic heterocycles. The summed E-state index contributed by atoms with van der Waals surface area (Å²) in [6, 6.07) is 1.59. The van der Waals surface area contributed by atoms with Gasteiger partial charge in [-0.15, -0.1) is 0 Å². The molecule has 0 aromatic heterocycles. The van der Waals surface area contributed by atoms with Gasteiger partial charge in [-0.3, -0.25) is 15.0 Å². The van der Waals surface area contributed by atoms with Gasteiger partial charge >= 0.3 is 5.97 Å². The fourth-order valence-corrected chi connectivity index (χ4v) is 4.29. The molecule has 0 aromatic rings.